The Balaban J connectivity index is 3.82. The van der Waals surface area contributed by atoms with Gasteiger partial charge in [0.15, 0.2) is 0 Å². The molecule has 0 aliphatic rings. The molecule has 0 unspecified atom stereocenters. The van der Waals surface area contributed by atoms with Crippen LogP contribution in [0.3, 0.4) is 0 Å². The molecule has 0 aliphatic heterocycles. The van der Waals surface area contributed by atoms with E-state index in [1.807, 2.05) is 0 Å². The van der Waals surface area contributed by atoms with Gasteiger partial charge in [-0.15, -0.1) is 0 Å². The molecule has 0 atom stereocenters. The molecule has 0 bridgehead atoms. The van der Waals surface area contributed by atoms with Gasteiger partial charge in [0.25, 0.3) is 19.7 Å². The molecule has 1 aromatic rings. The van der Waals surface area contributed by atoms with Crippen LogP contribution in [0.2, 0.25) is 0 Å². The predicted octanol–water partition coefficient (Wildman–Crippen LogP) is 2.16. The fraction of sp³-hybridized carbons (Fsp3) is 0.333. The summed E-state index contributed by atoms with van der Waals surface area (Å²) in [6, 6.07) is 0.0849. The van der Waals surface area contributed by atoms with E-state index in [-0.39, 0.29) is 6.07 Å². The van der Waals surface area contributed by atoms with Crippen molar-refractivity contribution in [3.05, 3.63) is 17.7 Å². The van der Waals surface area contributed by atoms with E-state index in [1.54, 1.807) is 0 Å². The molecule has 2 N–H and O–H groups in total. The molecule has 1 rings (SSSR count). The highest BCUT2D eigenvalue weighted by Gasteiger charge is 2.50. The third-order valence-electron chi connectivity index (χ3n) is 2.53. The Bertz CT molecular complexity index is 808. The number of nitrogens with two attached hydrogens (primary N) is 1. The summed E-state index contributed by atoms with van der Waals surface area (Å²) < 4.78 is 120. The first-order valence-electron chi connectivity index (χ1n) is 5.06. The number of rotatable bonds is 2. The van der Waals surface area contributed by atoms with E-state index in [0.29, 0.717) is 6.07 Å². The number of anilines is 1. The van der Waals surface area contributed by atoms with Gasteiger partial charge in [0, 0.05) is 0 Å². The maximum absolute atomic E-state index is 12.5. The molecule has 22 heavy (non-hydrogen) atoms. The van der Waals surface area contributed by atoms with Crippen molar-refractivity contribution in [1.82, 2.24) is 0 Å². The summed E-state index contributed by atoms with van der Waals surface area (Å²) in [5.41, 5.74) is -8.08. The van der Waals surface area contributed by atoms with E-state index in [4.69, 9.17) is 5.73 Å². The van der Waals surface area contributed by atoms with Crippen molar-refractivity contribution in [3.8, 4) is 0 Å². The Morgan fingerprint density at radius 2 is 1.27 bits per heavy atom. The zero-order valence-electron chi connectivity index (χ0n) is 10.4. The van der Waals surface area contributed by atoms with Crippen molar-refractivity contribution in [1.29, 1.82) is 0 Å². The highest BCUT2D eigenvalue weighted by Crippen LogP contribution is 2.38. The Kier molecular flexibility index (Phi) is 4.22. The third-order valence-corrected chi connectivity index (χ3v) is 5.52. The van der Waals surface area contributed by atoms with Gasteiger partial charge in [-0.3, -0.25) is 0 Å². The minimum Gasteiger partial charge on any atom is -0.397 e. The number of aryl methyl sites for hydroxylation is 1. The lowest BCUT2D eigenvalue weighted by Crippen LogP contribution is -2.27. The fourth-order valence-corrected chi connectivity index (χ4v) is 3.30. The number of alkyl halides is 6. The van der Waals surface area contributed by atoms with Gasteiger partial charge < -0.3 is 5.73 Å². The fourth-order valence-electron chi connectivity index (χ4n) is 1.37. The summed E-state index contributed by atoms with van der Waals surface area (Å²) in [7, 11) is -12.1. The summed E-state index contributed by atoms with van der Waals surface area (Å²) in [6.07, 6.45) is 0. The molecule has 0 heterocycles. The van der Waals surface area contributed by atoms with Gasteiger partial charge in [-0.1, -0.05) is 0 Å². The predicted molar refractivity (Wildman–Crippen MR) is 62.1 cm³/mol. The van der Waals surface area contributed by atoms with Crippen LogP contribution >= 0.6 is 0 Å². The van der Waals surface area contributed by atoms with Crippen LogP contribution in [-0.2, 0) is 19.7 Å². The van der Waals surface area contributed by atoms with Gasteiger partial charge in [-0.2, -0.15) is 26.3 Å². The lowest BCUT2D eigenvalue weighted by Gasteiger charge is -2.15. The van der Waals surface area contributed by atoms with E-state index in [2.05, 4.69) is 0 Å². The van der Waals surface area contributed by atoms with Gasteiger partial charge in [-0.25, -0.2) is 16.8 Å². The largest absolute Gasteiger partial charge is 0.501 e. The summed E-state index contributed by atoms with van der Waals surface area (Å²) >= 11 is 0. The van der Waals surface area contributed by atoms with E-state index < -0.39 is 51.7 Å². The average molecular weight is 371 g/mol. The molecule has 0 aliphatic carbocycles. The molecule has 0 amide bonds. The zero-order chi connectivity index (χ0) is 17.7. The minimum atomic E-state index is -6.11. The highest BCUT2D eigenvalue weighted by atomic mass is 32.2. The standard InChI is InChI=1S/C9H7F6NO4S2/c1-4-2-5(21(17,18)8(10,11)12)3-6(7(4)16)22(19,20)9(13,14)15/h2-3H,16H2,1H3. The lowest BCUT2D eigenvalue weighted by atomic mass is 10.2. The van der Waals surface area contributed by atoms with Crippen molar-refractivity contribution in [3.63, 3.8) is 0 Å². The van der Waals surface area contributed by atoms with Crippen LogP contribution in [0.25, 0.3) is 0 Å². The van der Waals surface area contributed by atoms with Gasteiger partial charge in [0.2, 0.25) is 0 Å². The Labute approximate surface area is 120 Å². The number of benzene rings is 1. The second kappa shape index (κ2) is 5.01. The Hall–Kier alpha value is -1.50. The van der Waals surface area contributed by atoms with Crippen LogP contribution in [0.4, 0.5) is 32.0 Å². The maximum atomic E-state index is 12.5. The third kappa shape index (κ3) is 2.86. The first-order valence-corrected chi connectivity index (χ1v) is 8.03. The molecule has 13 heteroatoms. The monoisotopic (exact) mass is 371 g/mol. The average Bonchev–Trinajstić information content (AvgIpc) is 2.28. The van der Waals surface area contributed by atoms with Crippen molar-refractivity contribution in [2.75, 3.05) is 5.73 Å². The SMILES string of the molecule is Cc1cc(S(=O)(=O)C(F)(F)F)cc(S(=O)(=O)C(F)(F)F)c1N. The van der Waals surface area contributed by atoms with Gasteiger partial charge in [0.1, 0.15) is 4.90 Å². The van der Waals surface area contributed by atoms with Crippen LogP contribution in [0.15, 0.2) is 21.9 Å². The van der Waals surface area contributed by atoms with E-state index >= 15 is 0 Å². The van der Waals surface area contributed by atoms with Crippen molar-refractivity contribution >= 4 is 25.4 Å². The molecule has 0 saturated carbocycles. The smallest absolute Gasteiger partial charge is 0.397 e. The van der Waals surface area contributed by atoms with E-state index in [9.17, 15) is 43.2 Å². The summed E-state index contributed by atoms with van der Waals surface area (Å²) in [5.74, 6) is 0. The Morgan fingerprint density at radius 1 is 0.864 bits per heavy atom. The van der Waals surface area contributed by atoms with Crippen molar-refractivity contribution < 1.29 is 43.2 Å². The second-order valence-corrected chi connectivity index (χ2v) is 7.90. The van der Waals surface area contributed by atoms with Crippen LogP contribution < -0.4 is 5.73 Å². The van der Waals surface area contributed by atoms with E-state index in [0.717, 1.165) is 6.92 Å². The van der Waals surface area contributed by atoms with Gasteiger partial charge >= 0.3 is 11.0 Å². The molecule has 0 fully saturated rings. The molecule has 0 radical (unpaired) electrons. The molecule has 1 aromatic carbocycles. The number of hydrogen-bond acceptors (Lipinski definition) is 5. The summed E-state index contributed by atoms with van der Waals surface area (Å²) in [4.78, 5) is -3.39. The molecular formula is C9H7F6NO4S2. The molecule has 5 nitrogen and oxygen atoms in total. The lowest BCUT2D eigenvalue weighted by molar-refractivity contribution is -0.0438. The van der Waals surface area contributed by atoms with E-state index in [1.165, 1.54) is 0 Å². The maximum Gasteiger partial charge on any atom is 0.501 e. The van der Waals surface area contributed by atoms with Gasteiger partial charge in [0.05, 0.1) is 10.6 Å². The quantitative estimate of drug-likeness (QED) is 0.635. The molecule has 0 aromatic heterocycles. The Morgan fingerprint density at radius 3 is 1.64 bits per heavy atom. The van der Waals surface area contributed by atoms with Crippen molar-refractivity contribution in [2.24, 2.45) is 0 Å². The first kappa shape index (κ1) is 18.5. The molecule has 0 saturated heterocycles. The number of hydrogen-bond donors (Lipinski definition) is 1. The van der Waals surface area contributed by atoms with Gasteiger partial charge in [-0.05, 0) is 24.6 Å². The van der Waals surface area contributed by atoms with Crippen LogP contribution in [0.1, 0.15) is 5.56 Å². The highest BCUT2D eigenvalue weighted by molar-refractivity contribution is 7.93. The van der Waals surface area contributed by atoms with Crippen LogP contribution in [0, 0.1) is 6.92 Å². The number of nitrogen functional groups attached to an aromatic ring is 1. The normalized spacial score (nSPS) is 14.1. The van der Waals surface area contributed by atoms with Crippen LogP contribution in [0.5, 0.6) is 0 Å². The number of halogens is 6. The topological polar surface area (TPSA) is 94.3 Å². The molecular weight excluding hydrogens is 364 g/mol. The minimum absolute atomic E-state index is 0.256. The number of sulfone groups is 2. The summed E-state index contributed by atoms with van der Waals surface area (Å²) in [6.45, 7) is 0.875. The van der Waals surface area contributed by atoms with Crippen LogP contribution in [-0.4, -0.2) is 27.9 Å². The zero-order valence-corrected chi connectivity index (χ0v) is 12.1. The second-order valence-electron chi connectivity index (χ2n) is 4.05. The van der Waals surface area contributed by atoms with Crippen molar-refractivity contribution in [2.45, 2.75) is 27.7 Å². The first-order chi connectivity index (χ1) is 9.53. The molecule has 0 spiro atoms. The summed E-state index contributed by atoms with van der Waals surface area (Å²) in [5, 5.41) is 0. The molecule has 126 valence electrons.